The van der Waals surface area contributed by atoms with Crippen LogP contribution in [0.5, 0.6) is 0 Å². The van der Waals surface area contributed by atoms with Crippen LogP contribution in [0.2, 0.25) is 0 Å². The molecule has 1 aromatic carbocycles. The molecule has 5 heteroatoms. The maximum atomic E-state index is 12.5. The van der Waals surface area contributed by atoms with Gasteiger partial charge in [0.05, 0.1) is 5.54 Å². The molecule has 0 bridgehead atoms. The molecule has 1 aliphatic rings. The molecule has 5 nitrogen and oxygen atoms in total. The van der Waals surface area contributed by atoms with E-state index in [-0.39, 0.29) is 11.4 Å². The molecule has 0 saturated heterocycles. The van der Waals surface area contributed by atoms with Gasteiger partial charge in [-0.1, -0.05) is 25.8 Å². The molecular formula is C16H23N3O2. The summed E-state index contributed by atoms with van der Waals surface area (Å²) in [5.41, 5.74) is 11.6. The van der Waals surface area contributed by atoms with Crippen LogP contribution in [0.4, 0.5) is 0 Å². The van der Waals surface area contributed by atoms with E-state index >= 15 is 0 Å². The Morgan fingerprint density at radius 2 is 2.05 bits per heavy atom. The minimum absolute atomic E-state index is 0.197. The Labute approximate surface area is 125 Å². The molecule has 2 atom stereocenters. The van der Waals surface area contributed by atoms with Crippen LogP contribution < -0.4 is 16.8 Å². The van der Waals surface area contributed by atoms with Crippen molar-refractivity contribution in [3.05, 3.63) is 35.4 Å². The fourth-order valence-electron chi connectivity index (χ4n) is 3.07. The van der Waals surface area contributed by atoms with Gasteiger partial charge in [-0.2, -0.15) is 0 Å². The Morgan fingerprint density at radius 1 is 1.33 bits per heavy atom. The van der Waals surface area contributed by atoms with E-state index in [1.54, 1.807) is 18.2 Å². The average molecular weight is 289 g/mol. The predicted octanol–water partition coefficient (Wildman–Crippen LogP) is 1.42. The summed E-state index contributed by atoms with van der Waals surface area (Å²) in [5, 5.41) is 3.10. The fourth-order valence-corrected chi connectivity index (χ4v) is 3.07. The number of carbonyl (C=O) groups excluding carboxylic acids is 2. The third-order valence-corrected chi connectivity index (χ3v) is 4.59. The lowest BCUT2D eigenvalue weighted by atomic mass is 9.73. The summed E-state index contributed by atoms with van der Waals surface area (Å²) in [6, 6.07) is 6.46. The van der Waals surface area contributed by atoms with E-state index in [1.165, 1.54) is 12.5 Å². The van der Waals surface area contributed by atoms with Gasteiger partial charge in [-0.3, -0.25) is 9.59 Å². The third-order valence-electron chi connectivity index (χ3n) is 4.59. The first kappa shape index (κ1) is 15.5. The highest BCUT2D eigenvalue weighted by Gasteiger charge is 2.38. The number of nitrogens with two attached hydrogens (primary N) is 2. The van der Waals surface area contributed by atoms with Crippen LogP contribution in [-0.2, 0) is 0 Å². The number of nitrogens with one attached hydrogen (secondary N) is 1. The smallest absolute Gasteiger partial charge is 0.251 e. The molecule has 1 aliphatic carbocycles. The van der Waals surface area contributed by atoms with Crippen molar-refractivity contribution < 1.29 is 9.59 Å². The quantitative estimate of drug-likeness (QED) is 0.781. The molecule has 0 heterocycles. The largest absolute Gasteiger partial charge is 0.366 e. The highest BCUT2D eigenvalue weighted by Crippen LogP contribution is 2.33. The van der Waals surface area contributed by atoms with E-state index in [0.717, 1.165) is 19.3 Å². The van der Waals surface area contributed by atoms with Crippen molar-refractivity contribution in [1.82, 2.24) is 5.32 Å². The van der Waals surface area contributed by atoms with Crippen LogP contribution in [0.15, 0.2) is 24.3 Å². The zero-order valence-electron chi connectivity index (χ0n) is 12.4. The normalized spacial score (nSPS) is 25.3. The predicted molar refractivity (Wildman–Crippen MR) is 81.8 cm³/mol. The molecule has 5 N–H and O–H groups in total. The third kappa shape index (κ3) is 3.24. The molecule has 0 aromatic heterocycles. The lowest BCUT2D eigenvalue weighted by Gasteiger charge is -2.42. The summed E-state index contributed by atoms with van der Waals surface area (Å²) >= 11 is 0. The molecule has 2 rings (SSSR count). The molecule has 114 valence electrons. The maximum Gasteiger partial charge on any atom is 0.251 e. The van der Waals surface area contributed by atoms with Crippen LogP contribution in [0.25, 0.3) is 0 Å². The van der Waals surface area contributed by atoms with Crippen molar-refractivity contribution in [2.45, 2.75) is 38.1 Å². The van der Waals surface area contributed by atoms with Gasteiger partial charge in [0.2, 0.25) is 5.91 Å². The monoisotopic (exact) mass is 289 g/mol. The number of primary amides is 1. The zero-order chi connectivity index (χ0) is 15.5. The van der Waals surface area contributed by atoms with Gasteiger partial charge in [0, 0.05) is 17.7 Å². The standard InChI is InChI=1S/C16H23N3O2/c1-11-5-2-3-8-16(11,10-17)19-15(21)13-7-4-6-12(9-13)14(18)20/h4,6-7,9,11H,2-3,5,8,10,17H2,1H3,(H2,18,20)(H,19,21). The minimum atomic E-state index is -0.538. The van der Waals surface area contributed by atoms with Crippen molar-refractivity contribution in [2.24, 2.45) is 17.4 Å². The average Bonchev–Trinajstić information content (AvgIpc) is 2.49. The van der Waals surface area contributed by atoms with Crippen LogP contribution in [0.3, 0.4) is 0 Å². The van der Waals surface area contributed by atoms with Gasteiger partial charge in [-0.15, -0.1) is 0 Å². The summed E-state index contributed by atoms with van der Waals surface area (Å²) < 4.78 is 0. The van der Waals surface area contributed by atoms with Gasteiger partial charge in [0.1, 0.15) is 0 Å². The van der Waals surface area contributed by atoms with Gasteiger partial charge in [0.25, 0.3) is 5.91 Å². The Morgan fingerprint density at radius 3 is 2.67 bits per heavy atom. The second-order valence-electron chi connectivity index (χ2n) is 5.91. The first-order valence-corrected chi connectivity index (χ1v) is 7.41. The molecular weight excluding hydrogens is 266 g/mol. The lowest BCUT2D eigenvalue weighted by Crippen LogP contribution is -2.59. The first-order valence-electron chi connectivity index (χ1n) is 7.41. The summed E-state index contributed by atoms with van der Waals surface area (Å²) in [6.07, 6.45) is 4.21. The van der Waals surface area contributed by atoms with Crippen molar-refractivity contribution in [1.29, 1.82) is 0 Å². The van der Waals surface area contributed by atoms with Gasteiger partial charge < -0.3 is 16.8 Å². The number of carbonyl (C=O) groups is 2. The molecule has 2 amide bonds. The number of amides is 2. The number of hydrogen-bond acceptors (Lipinski definition) is 3. The van der Waals surface area contributed by atoms with E-state index in [1.807, 2.05) is 0 Å². The topological polar surface area (TPSA) is 98.2 Å². The van der Waals surface area contributed by atoms with Crippen LogP contribution in [0, 0.1) is 5.92 Å². The van der Waals surface area contributed by atoms with Gasteiger partial charge in [-0.05, 0) is 37.0 Å². The van der Waals surface area contributed by atoms with Crippen molar-refractivity contribution >= 4 is 11.8 Å². The van der Waals surface area contributed by atoms with Crippen LogP contribution in [0.1, 0.15) is 53.3 Å². The van der Waals surface area contributed by atoms with Crippen LogP contribution in [-0.4, -0.2) is 23.9 Å². The molecule has 1 fully saturated rings. The van der Waals surface area contributed by atoms with Crippen molar-refractivity contribution in [3.8, 4) is 0 Å². The summed E-state index contributed by atoms with van der Waals surface area (Å²) in [5.74, 6) is -0.388. The zero-order valence-corrected chi connectivity index (χ0v) is 12.4. The molecule has 0 spiro atoms. The first-order chi connectivity index (χ1) is 9.98. The lowest BCUT2D eigenvalue weighted by molar-refractivity contribution is 0.0813. The molecule has 1 saturated carbocycles. The Bertz CT molecular complexity index is 544. The van der Waals surface area contributed by atoms with Gasteiger partial charge in [-0.25, -0.2) is 0 Å². The summed E-state index contributed by atoms with van der Waals surface area (Å²) in [7, 11) is 0. The Kier molecular flexibility index (Phi) is 4.63. The molecule has 21 heavy (non-hydrogen) atoms. The van der Waals surface area contributed by atoms with E-state index in [2.05, 4.69) is 12.2 Å². The molecule has 2 unspecified atom stereocenters. The number of rotatable bonds is 4. The summed E-state index contributed by atoms with van der Waals surface area (Å²) in [6.45, 7) is 2.56. The Hall–Kier alpha value is -1.88. The van der Waals surface area contributed by atoms with E-state index in [4.69, 9.17) is 11.5 Å². The summed E-state index contributed by atoms with van der Waals surface area (Å²) in [4.78, 5) is 23.7. The number of benzene rings is 1. The van der Waals surface area contributed by atoms with Crippen molar-refractivity contribution in [3.63, 3.8) is 0 Å². The molecule has 0 aliphatic heterocycles. The van der Waals surface area contributed by atoms with Gasteiger partial charge >= 0.3 is 0 Å². The molecule has 0 radical (unpaired) electrons. The molecule has 1 aromatic rings. The second kappa shape index (κ2) is 6.26. The highest BCUT2D eigenvalue weighted by molar-refractivity contribution is 5.99. The van der Waals surface area contributed by atoms with Gasteiger partial charge in [0.15, 0.2) is 0 Å². The minimum Gasteiger partial charge on any atom is -0.366 e. The van der Waals surface area contributed by atoms with Crippen molar-refractivity contribution in [2.75, 3.05) is 6.54 Å². The highest BCUT2D eigenvalue weighted by atomic mass is 16.2. The van der Waals surface area contributed by atoms with Crippen LogP contribution >= 0.6 is 0 Å². The fraction of sp³-hybridized carbons (Fsp3) is 0.500. The van der Waals surface area contributed by atoms with E-state index < -0.39 is 5.91 Å². The second-order valence-corrected chi connectivity index (χ2v) is 5.91. The van der Waals surface area contributed by atoms with E-state index in [9.17, 15) is 9.59 Å². The number of hydrogen-bond donors (Lipinski definition) is 3. The van der Waals surface area contributed by atoms with E-state index in [0.29, 0.717) is 23.6 Å². The maximum absolute atomic E-state index is 12.5. The SMILES string of the molecule is CC1CCCCC1(CN)NC(=O)c1cccc(C(N)=O)c1. The Balaban J connectivity index is 2.20.